The van der Waals surface area contributed by atoms with Crippen molar-refractivity contribution in [3.63, 3.8) is 0 Å². The van der Waals surface area contributed by atoms with Crippen LogP contribution in [-0.4, -0.2) is 20.8 Å². The zero-order chi connectivity index (χ0) is 14.8. The van der Waals surface area contributed by atoms with E-state index in [1.807, 2.05) is 13.0 Å². The van der Waals surface area contributed by atoms with Crippen LogP contribution < -0.4 is 10.7 Å². The van der Waals surface area contributed by atoms with E-state index in [1.54, 1.807) is 22.9 Å². The standard InChI is InChI=1S/C14H12N4O3/c1-2-18-10-6-4-3-5-9(10)13(19)12(16-18)14(20)15-11-7-8-21-17-11/h3-8H,2H2,1H3,(H,15,17,20). The average molecular weight is 284 g/mol. The van der Waals surface area contributed by atoms with Gasteiger partial charge in [-0.1, -0.05) is 17.3 Å². The van der Waals surface area contributed by atoms with Gasteiger partial charge >= 0.3 is 0 Å². The van der Waals surface area contributed by atoms with E-state index in [0.29, 0.717) is 17.4 Å². The van der Waals surface area contributed by atoms with Crippen LogP contribution in [0, 0.1) is 0 Å². The smallest absolute Gasteiger partial charge is 0.281 e. The maximum Gasteiger partial charge on any atom is 0.281 e. The van der Waals surface area contributed by atoms with E-state index in [0.717, 1.165) is 0 Å². The van der Waals surface area contributed by atoms with E-state index in [1.165, 1.54) is 12.3 Å². The SMILES string of the molecule is CCn1nc(C(=O)Nc2ccon2)c(=O)c2ccccc21. The van der Waals surface area contributed by atoms with Crippen LogP contribution in [0.5, 0.6) is 0 Å². The first-order valence-electron chi connectivity index (χ1n) is 6.42. The maximum atomic E-state index is 12.4. The van der Waals surface area contributed by atoms with Gasteiger partial charge < -0.3 is 9.84 Å². The van der Waals surface area contributed by atoms with Crippen LogP contribution in [0.15, 0.2) is 45.9 Å². The summed E-state index contributed by atoms with van der Waals surface area (Å²) in [5.74, 6) is -0.376. The number of aryl methyl sites for hydroxylation is 1. The molecule has 1 amide bonds. The number of hydrogen-bond acceptors (Lipinski definition) is 5. The van der Waals surface area contributed by atoms with Crippen LogP contribution in [0.4, 0.5) is 5.82 Å². The third kappa shape index (κ3) is 2.29. The minimum Gasteiger partial charge on any atom is -0.363 e. The predicted molar refractivity (Wildman–Crippen MR) is 76.1 cm³/mol. The molecule has 0 fully saturated rings. The minimum absolute atomic E-state index is 0.168. The highest BCUT2D eigenvalue weighted by molar-refractivity contribution is 6.03. The van der Waals surface area contributed by atoms with Crippen LogP contribution in [0.1, 0.15) is 17.4 Å². The van der Waals surface area contributed by atoms with Crippen molar-refractivity contribution in [1.29, 1.82) is 0 Å². The summed E-state index contributed by atoms with van der Waals surface area (Å²) < 4.78 is 6.25. The van der Waals surface area contributed by atoms with Gasteiger partial charge in [0.15, 0.2) is 11.5 Å². The van der Waals surface area contributed by atoms with Gasteiger partial charge in [-0.15, -0.1) is 0 Å². The number of nitrogens with zero attached hydrogens (tertiary/aromatic N) is 3. The van der Waals surface area contributed by atoms with Crippen LogP contribution in [0.25, 0.3) is 10.9 Å². The highest BCUT2D eigenvalue weighted by atomic mass is 16.5. The second kappa shape index (κ2) is 5.20. The van der Waals surface area contributed by atoms with Gasteiger partial charge in [-0.25, -0.2) is 0 Å². The Bertz CT molecular complexity index is 852. The molecule has 0 aliphatic rings. The van der Waals surface area contributed by atoms with Crippen LogP contribution in [-0.2, 0) is 6.54 Å². The fraction of sp³-hybridized carbons (Fsp3) is 0.143. The molecular formula is C14H12N4O3. The summed E-state index contributed by atoms with van der Waals surface area (Å²) in [6, 6.07) is 8.54. The summed E-state index contributed by atoms with van der Waals surface area (Å²) in [6.45, 7) is 2.44. The summed E-state index contributed by atoms with van der Waals surface area (Å²) in [5.41, 5.74) is 0.123. The highest BCUT2D eigenvalue weighted by Crippen LogP contribution is 2.10. The Labute approximate surface area is 119 Å². The van der Waals surface area contributed by atoms with Crippen molar-refractivity contribution in [3.05, 3.63) is 52.5 Å². The molecule has 0 aliphatic heterocycles. The summed E-state index contributed by atoms with van der Waals surface area (Å²) in [4.78, 5) is 24.6. The number of para-hydroxylation sites is 1. The molecule has 0 aliphatic carbocycles. The van der Waals surface area contributed by atoms with E-state index >= 15 is 0 Å². The Kier molecular flexibility index (Phi) is 3.23. The monoisotopic (exact) mass is 284 g/mol. The summed E-state index contributed by atoms with van der Waals surface area (Å²) in [6.07, 6.45) is 1.33. The lowest BCUT2D eigenvalue weighted by Crippen LogP contribution is -2.27. The first kappa shape index (κ1) is 13.0. The number of hydrogen-bond donors (Lipinski definition) is 1. The molecule has 3 aromatic rings. The normalized spacial score (nSPS) is 10.7. The molecular weight excluding hydrogens is 272 g/mol. The quantitative estimate of drug-likeness (QED) is 0.790. The molecule has 0 radical (unpaired) electrons. The predicted octanol–water partition coefficient (Wildman–Crippen LogP) is 1.66. The number of benzene rings is 1. The van der Waals surface area contributed by atoms with Crippen LogP contribution >= 0.6 is 0 Å². The van der Waals surface area contributed by atoms with Crippen molar-refractivity contribution >= 4 is 22.6 Å². The van der Waals surface area contributed by atoms with Gasteiger partial charge in [-0.2, -0.15) is 5.10 Å². The molecule has 7 heteroatoms. The average Bonchev–Trinajstić information content (AvgIpc) is 3.01. The Morgan fingerprint density at radius 2 is 2.14 bits per heavy atom. The molecule has 1 N–H and O–H groups in total. The van der Waals surface area contributed by atoms with Gasteiger partial charge in [0.25, 0.3) is 5.91 Å². The number of rotatable bonds is 3. The van der Waals surface area contributed by atoms with E-state index < -0.39 is 11.3 Å². The molecule has 0 bridgehead atoms. The van der Waals surface area contributed by atoms with Gasteiger partial charge in [0.1, 0.15) is 6.26 Å². The largest absolute Gasteiger partial charge is 0.363 e. The summed E-state index contributed by atoms with van der Waals surface area (Å²) >= 11 is 0. The second-order valence-electron chi connectivity index (χ2n) is 4.35. The van der Waals surface area contributed by atoms with E-state index in [9.17, 15) is 9.59 Å². The van der Waals surface area contributed by atoms with Gasteiger partial charge in [-0.05, 0) is 19.1 Å². The van der Waals surface area contributed by atoms with Gasteiger partial charge in [-0.3, -0.25) is 14.3 Å². The van der Waals surface area contributed by atoms with E-state index in [-0.39, 0.29) is 11.5 Å². The lowest BCUT2D eigenvalue weighted by molar-refractivity contribution is 0.101. The zero-order valence-corrected chi connectivity index (χ0v) is 11.2. The van der Waals surface area contributed by atoms with Gasteiger partial charge in [0.05, 0.1) is 5.52 Å². The van der Waals surface area contributed by atoms with Crippen molar-refractivity contribution in [2.75, 3.05) is 5.32 Å². The topological polar surface area (TPSA) is 90.0 Å². The Balaban J connectivity index is 2.12. The minimum atomic E-state index is -0.609. The first-order chi connectivity index (χ1) is 10.2. The number of fused-ring (bicyclic) bond motifs is 1. The molecule has 106 valence electrons. The summed E-state index contributed by atoms with van der Waals surface area (Å²) in [5, 5.41) is 10.6. The molecule has 1 aromatic carbocycles. The maximum absolute atomic E-state index is 12.4. The second-order valence-corrected chi connectivity index (χ2v) is 4.35. The molecule has 0 saturated heterocycles. The number of amides is 1. The van der Waals surface area contributed by atoms with Crippen molar-refractivity contribution < 1.29 is 9.32 Å². The van der Waals surface area contributed by atoms with Gasteiger partial charge in [0, 0.05) is 18.0 Å². The van der Waals surface area contributed by atoms with Crippen LogP contribution in [0.2, 0.25) is 0 Å². The molecule has 0 atom stereocenters. The third-order valence-electron chi connectivity index (χ3n) is 3.06. The van der Waals surface area contributed by atoms with Crippen molar-refractivity contribution in [3.8, 4) is 0 Å². The lowest BCUT2D eigenvalue weighted by atomic mass is 10.2. The Hall–Kier alpha value is -2.96. The van der Waals surface area contributed by atoms with Gasteiger partial charge in [0.2, 0.25) is 5.43 Å². The number of nitrogens with one attached hydrogen (secondary N) is 1. The molecule has 21 heavy (non-hydrogen) atoms. The summed E-state index contributed by atoms with van der Waals surface area (Å²) in [7, 11) is 0. The fourth-order valence-electron chi connectivity index (χ4n) is 2.08. The molecule has 2 heterocycles. The Morgan fingerprint density at radius 1 is 1.33 bits per heavy atom. The number of anilines is 1. The molecule has 3 rings (SSSR count). The van der Waals surface area contributed by atoms with Crippen molar-refractivity contribution in [1.82, 2.24) is 14.9 Å². The van der Waals surface area contributed by atoms with Crippen molar-refractivity contribution in [2.45, 2.75) is 13.5 Å². The van der Waals surface area contributed by atoms with Crippen molar-refractivity contribution in [2.24, 2.45) is 0 Å². The third-order valence-corrected chi connectivity index (χ3v) is 3.06. The fourth-order valence-corrected chi connectivity index (χ4v) is 2.08. The highest BCUT2D eigenvalue weighted by Gasteiger charge is 2.17. The van der Waals surface area contributed by atoms with E-state index in [4.69, 9.17) is 0 Å². The number of aromatic nitrogens is 3. The molecule has 0 unspecified atom stereocenters. The zero-order valence-electron chi connectivity index (χ0n) is 11.2. The first-order valence-corrected chi connectivity index (χ1v) is 6.42. The van der Waals surface area contributed by atoms with Crippen LogP contribution in [0.3, 0.4) is 0 Å². The molecule has 0 saturated carbocycles. The lowest BCUT2D eigenvalue weighted by Gasteiger charge is -2.09. The number of carbonyl (C=O) groups is 1. The Morgan fingerprint density at radius 3 is 2.86 bits per heavy atom. The molecule has 0 spiro atoms. The van der Waals surface area contributed by atoms with E-state index in [2.05, 4.69) is 20.1 Å². The number of carbonyl (C=O) groups excluding carboxylic acids is 1. The molecule has 2 aromatic heterocycles. The molecule has 7 nitrogen and oxygen atoms in total.